The Balaban J connectivity index is 6.11. The lowest BCUT2D eigenvalue weighted by Gasteiger charge is -2.32. The van der Waals surface area contributed by atoms with Crippen LogP contribution in [0.5, 0.6) is 0 Å². The Morgan fingerprint density at radius 2 is 1.00 bits per heavy atom. The molecule has 0 bridgehead atoms. The second-order valence-electron chi connectivity index (χ2n) is 8.90. The van der Waals surface area contributed by atoms with E-state index in [2.05, 4.69) is 0 Å². The molecule has 0 radical (unpaired) electrons. The number of amides is 2. The van der Waals surface area contributed by atoms with Crippen LogP contribution >= 0.6 is 0 Å². The average Bonchev–Trinajstić information content (AvgIpc) is 2.55. The summed E-state index contributed by atoms with van der Waals surface area (Å²) in [7, 11) is 0. The van der Waals surface area contributed by atoms with E-state index in [4.69, 9.17) is 17.2 Å². The molecule has 0 aliphatic carbocycles. The smallest absolute Gasteiger partial charge is 0.334 e. The normalized spacial score (nSPS) is 15.9. The Morgan fingerprint density at radius 1 is 0.690 bits per heavy atom. The van der Waals surface area contributed by atoms with Gasteiger partial charge in [-0.3, -0.25) is 19.3 Å². The Bertz CT molecular complexity index is 563. The molecule has 168 valence electrons. The predicted octanol–water partition coefficient (Wildman–Crippen LogP) is 0.484. The van der Waals surface area contributed by atoms with Gasteiger partial charge >= 0.3 is 5.97 Å². The van der Waals surface area contributed by atoms with E-state index in [-0.39, 0.29) is 37.0 Å². The molecule has 0 fully saturated rings. The van der Waals surface area contributed by atoms with Gasteiger partial charge in [0.1, 0.15) is 0 Å². The van der Waals surface area contributed by atoms with E-state index in [1.54, 1.807) is 0 Å². The summed E-state index contributed by atoms with van der Waals surface area (Å²) < 4.78 is 0. The van der Waals surface area contributed by atoms with Crippen LogP contribution in [0.3, 0.4) is 0 Å². The molecule has 0 aromatic rings. The van der Waals surface area contributed by atoms with Gasteiger partial charge in [-0.2, -0.15) is 0 Å². The van der Waals surface area contributed by atoms with Crippen LogP contribution in [-0.4, -0.2) is 57.7 Å². The minimum Gasteiger partial charge on any atom is -0.479 e. The molecule has 4 atom stereocenters. The van der Waals surface area contributed by atoms with Crippen molar-refractivity contribution >= 4 is 23.6 Å². The third-order valence-corrected chi connectivity index (χ3v) is 4.41. The highest BCUT2D eigenvalue weighted by Crippen LogP contribution is 2.16. The summed E-state index contributed by atoms with van der Waals surface area (Å²) >= 11 is 0. The quantitative estimate of drug-likeness (QED) is 0.334. The zero-order valence-electron chi connectivity index (χ0n) is 18.4. The standard InChI is InChI=1S/C20H38N4O5/c1-10(2)7-13(21)17(25)16(20(28)29)24(18(26)14(22)8-11(3)4)19(27)15(23)9-12(5)6/h10-16H,7-9,21-23H2,1-6H3,(H,28,29)/t13-,14-,15-,16?/m0/s1. The lowest BCUT2D eigenvalue weighted by atomic mass is 9.94. The van der Waals surface area contributed by atoms with Crippen LogP contribution in [0.25, 0.3) is 0 Å². The van der Waals surface area contributed by atoms with Crippen LogP contribution in [-0.2, 0) is 19.2 Å². The maximum atomic E-state index is 13.0. The molecule has 29 heavy (non-hydrogen) atoms. The van der Waals surface area contributed by atoms with Crippen molar-refractivity contribution in [2.24, 2.45) is 35.0 Å². The van der Waals surface area contributed by atoms with Gasteiger partial charge < -0.3 is 22.3 Å². The Morgan fingerprint density at radius 3 is 1.28 bits per heavy atom. The first kappa shape index (κ1) is 27.2. The van der Waals surface area contributed by atoms with Crippen molar-refractivity contribution in [3.63, 3.8) is 0 Å². The molecule has 0 aliphatic heterocycles. The fourth-order valence-electron chi connectivity index (χ4n) is 3.12. The Hall–Kier alpha value is -1.84. The van der Waals surface area contributed by atoms with Gasteiger partial charge in [0, 0.05) is 0 Å². The number of hydrogen-bond donors (Lipinski definition) is 4. The number of rotatable bonds is 12. The highest BCUT2D eigenvalue weighted by molar-refractivity contribution is 6.13. The number of imide groups is 1. The predicted molar refractivity (Wildman–Crippen MR) is 111 cm³/mol. The van der Waals surface area contributed by atoms with Crippen molar-refractivity contribution < 1.29 is 24.3 Å². The lowest BCUT2D eigenvalue weighted by Crippen LogP contribution is -2.62. The van der Waals surface area contributed by atoms with Crippen LogP contribution in [0.4, 0.5) is 0 Å². The van der Waals surface area contributed by atoms with Crippen molar-refractivity contribution in [3.05, 3.63) is 0 Å². The van der Waals surface area contributed by atoms with Gasteiger partial charge in [0.05, 0.1) is 18.1 Å². The van der Waals surface area contributed by atoms with Crippen LogP contribution < -0.4 is 17.2 Å². The van der Waals surface area contributed by atoms with Crippen molar-refractivity contribution in [2.75, 3.05) is 0 Å². The highest BCUT2D eigenvalue weighted by Gasteiger charge is 2.44. The molecule has 9 heteroatoms. The van der Waals surface area contributed by atoms with Gasteiger partial charge in [-0.25, -0.2) is 4.79 Å². The number of carboxylic acids is 1. The number of carbonyl (C=O) groups excluding carboxylic acids is 3. The second kappa shape index (κ2) is 12.0. The number of nitrogens with two attached hydrogens (primary N) is 3. The number of nitrogens with zero attached hydrogens (tertiary/aromatic N) is 1. The molecule has 2 amide bonds. The summed E-state index contributed by atoms with van der Waals surface area (Å²) in [6.45, 7) is 11.0. The fourth-order valence-corrected chi connectivity index (χ4v) is 3.12. The van der Waals surface area contributed by atoms with Crippen molar-refractivity contribution in [3.8, 4) is 0 Å². The SMILES string of the molecule is CC(C)C[C@H](N)C(=O)C(C(=O)O)N(C(=O)[C@@H](N)CC(C)C)C(=O)[C@@H](N)CC(C)C. The fraction of sp³-hybridized carbons (Fsp3) is 0.800. The molecule has 9 nitrogen and oxygen atoms in total. The summed E-state index contributed by atoms with van der Waals surface area (Å²) in [5.74, 6) is -4.34. The van der Waals surface area contributed by atoms with Crippen LogP contribution in [0.2, 0.25) is 0 Å². The first-order chi connectivity index (χ1) is 13.2. The van der Waals surface area contributed by atoms with Crippen LogP contribution in [0.1, 0.15) is 60.8 Å². The van der Waals surface area contributed by atoms with Crippen LogP contribution in [0.15, 0.2) is 0 Å². The Kier molecular flexibility index (Phi) is 11.2. The third kappa shape index (κ3) is 8.59. The molecule has 0 heterocycles. The summed E-state index contributed by atoms with van der Waals surface area (Å²) in [5.41, 5.74) is 17.8. The summed E-state index contributed by atoms with van der Waals surface area (Å²) in [4.78, 5) is 51.2. The maximum Gasteiger partial charge on any atom is 0.334 e. The van der Waals surface area contributed by atoms with Gasteiger partial charge in [0.2, 0.25) is 11.8 Å². The van der Waals surface area contributed by atoms with E-state index in [0.29, 0.717) is 4.90 Å². The number of carbonyl (C=O) groups is 4. The maximum absolute atomic E-state index is 13.0. The zero-order chi connectivity index (χ0) is 23.0. The van der Waals surface area contributed by atoms with E-state index in [9.17, 15) is 24.3 Å². The lowest BCUT2D eigenvalue weighted by molar-refractivity contribution is -0.163. The Labute approximate surface area is 173 Å². The number of aliphatic carboxylic acids is 1. The molecule has 0 rings (SSSR count). The average molecular weight is 415 g/mol. The minimum absolute atomic E-state index is 0.0228. The van der Waals surface area contributed by atoms with E-state index < -0.39 is 47.7 Å². The number of carboxylic acid groups (broad SMARTS) is 1. The minimum atomic E-state index is -2.06. The summed E-state index contributed by atoms with van der Waals surface area (Å²) in [6.07, 6.45) is 0.663. The van der Waals surface area contributed by atoms with Crippen molar-refractivity contribution in [1.29, 1.82) is 0 Å². The van der Waals surface area contributed by atoms with Crippen LogP contribution in [0, 0.1) is 17.8 Å². The molecule has 0 spiro atoms. The van der Waals surface area contributed by atoms with E-state index in [0.717, 1.165) is 0 Å². The van der Waals surface area contributed by atoms with E-state index >= 15 is 0 Å². The van der Waals surface area contributed by atoms with Gasteiger partial charge in [-0.15, -0.1) is 0 Å². The highest BCUT2D eigenvalue weighted by atomic mass is 16.4. The third-order valence-electron chi connectivity index (χ3n) is 4.41. The molecular formula is C20H38N4O5. The van der Waals surface area contributed by atoms with E-state index in [1.165, 1.54) is 0 Å². The van der Waals surface area contributed by atoms with Gasteiger partial charge in [-0.05, 0) is 37.0 Å². The van der Waals surface area contributed by atoms with Crippen molar-refractivity contribution in [2.45, 2.75) is 85.0 Å². The van der Waals surface area contributed by atoms with E-state index in [1.807, 2.05) is 41.5 Å². The van der Waals surface area contributed by atoms with Gasteiger partial charge in [0.25, 0.3) is 0 Å². The first-order valence-corrected chi connectivity index (χ1v) is 10.1. The first-order valence-electron chi connectivity index (χ1n) is 10.1. The molecule has 7 N–H and O–H groups in total. The van der Waals surface area contributed by atoms with Gasteiger partial charge in [0.15, 0.2) is 11.8 Å². The number of ketones is 1. The molecule has 0 saturated heterocycles. The molecule has 0 aromatic heterocycles. The van der Waals surface area contributed by atoms with Gasteiger partial charge in [-0.1, -0.05) is 41.5 Å². The molecule has 0 aromatic carbocycles. The molecular weight excluding hydrogens is 376 g/mol. The number of hydrogen-bond acceptors (Lipinski definition) is 7. The topological polar surface area (TPSA) is 170 Å². The largest absolute Gasteiger partial charge is 0.479 e. The molecule has 0 aliphatic rings. The molecule has 1 unspecified atom stereocenters. The second-order valence-corrected chi connectivity index (χ2v) is 8.90. The zero-order valence-corrected chi connectivity index (χ0v) is 18.4. The van der Waals surface area contributed by atoms with Crippen molar-refractivity contribution in [1.82, 2.24) is 4.90 Å². The monoisotopic (exact) mass is 414 g/mol. The summed E-state index contributed by atoms with van der Waals surface area (Å²) in [5, 5.41) is 9.72. The molecule has 0 saturated carbocycles. The summed E-state index contributed by atoms with van der Waals surface area (Å²) in [6, 6.07) is -5.47. The number of Topliss-reactive ketones (excluding diaryl/α,β-unsaturated/α-hetero) is 1.